The average molecular weight is 247 g/mol. The van der Waals surface area contributed by atoms with E-state index in [2.05, 4.69) is 10.3 Å². The van der Waals surface area contributed by atoms with E-state index in [-0.39, 0.29) is 0 Å². The van der Waals surface area contributed by atoms with Gasteiger partial charge in [0.2, 0.25) is 0 Å². The normalized spacial score (nSPS) is 10.5. The van der Waals surface area contributed by atoms with E-state index in [0.29, 0.717) is 0 Å². The molecule has 2 rings (SSSR count). The Morgan fingerprint density at radius 2 is 1.82 bits per heavy atom. The maximum absolute atomic E-state index is 5.83. The minimum absolute atomic E-state index is 0.772. The molecule has 0 amide bonds. The summed E-state index contributed by atoms with van der Waals surface area (Å²) in [5.74, 6) is 0. The first-order valence-corrected chi connectivity index (χ1v) is 5.99. The molecule has 0 aliphatic rings. The number of nitrogens with one attached hydrogen (secondary N) is 1. The molecule has 0 aliphatic heterocycles. The van der Waals surface area contributed by atoms with E-state index in [1.165, 1.54) is 5.56 Å². The van der Waals surface area contributed by atoms with Crippen LogP contribution < -0.4 is 5.32 Å². The van der Waals surface area contributed by atoms with Crippen LogP contribution in [-0.4, -0.2) is 4.98 Å². The van der Waals surface area contributed by atoms with Gasteiger partial charge in [0.25, 0.3) is 0 Å². The molecule has 2 nitrogen and oxygen atoms in total. The Bertz CT molecular complexity index is 480. The minimum atomic E-state index is 0.772. The van der Waals surface area contributed by atoms with Gasteiger partial charge in [-0.25, -0.2) is 0 Å². The molecule has 1 aromatic carbocycles. The highest BCUT2D eigenvalue weighted by Crippen LogP contribution is 2.09. The largest absolute Gasteiger partial charge is 0.307 e. The van der Waals surface area contributed by atoms with Gasteiger partial charge in [0.15, 0.2) is 0 Å². The fraction of sp³-hybridized carbons (Fsp3) is 0.214. The molecule has 0 saturated carbocycles. The van der Waals surface area contributed by atoms with Crippen LogP contribution in [0.1, 0.15) is 17.0 Å². The maximum atomic E-state index is 5.83. The lowest BCUT2D eigenvalue weighted by Crippen LogP contribution is -2.13. The molecule has 1 N–H and O–H groups in total. The highest BCUT2D eigenvalue weighted by molar-refractivity contribution is 6.30. The van der Waals surface area contributed by atoms with E-state index in [1.807, 2.05) is 49.4 Å². The third-order valence-electron chi connectivity index (χ3n) is 2.49. The van der Waals surface area contributed by atoms with E-state index < -0.39 is 0 Å². The first-order chi connectivity index (χ1) is 8.24. The summed E-state index contributed by atoms with van der Waals surface area (Å²) < 4.78 is 0. The highest BCUT2D eigenvalue weighted by Gasteiger charge is 1.96. The Labute approximate surface area is 107 Å². The van der Waals surface area contributed by atoms with Gasteiger partial charge < -0.3 is 5.32 Å². The van der Waals surface area contributed by atoms with Gasteiger partial charge in [0, 0.05) is 23.8 Å². The van der Waals surface area contributed by atoms with Crippen LogP contribution in [-0.2, 0) is 13.1 Å². The minimum Gasteiger partial charge on any atom is -0.307 e. The summed E-state index contributed by atoms with van der Waals surface area (Å²) in [6.07, 6.45) is 0. The molecule has 3 heteroatoms. The van der Waals surface area contributed by atoms with E-state index in [9.17, 15) is 0 Å². The number of aromatic nitrogens is 1. The SMILES string of the molecule is Cc1cccc(CNCc2ccc(Cl)cc2)n1. The second kappa shape index (κ2) is 5.80. The van der Waals surface area contributed by atoms with Crippen LogP contribution in [0.4, 0.5) is 0 Å². The fourth-order valence-electron chi connectivity index (χ4n) is 1.64. The van der Waals surface area contributed by atoms with E-state index in [1.54, 1.807) is 0 Å². The van der Waals surface area contributed by atoms with E-state index in [4.69, 9.17) is 11.6 Å². The number of hydrogen-bond acceptors (Lipinski definition) is 2. The van der Waals surface area contributed by atoms with Gasteiger partial charge in [-0.15, -0.1) is 0 Å². The summed E-state index contributed by atoms with van der Waals surface area (Å²) in [6, 6.07) is 13.9. The van der Waals surface area contributed by atoms with Crippen LogP contribution >= 0.6 is 11.6 Å². The van der Waals surface area contributed by atoms with Crippen LogP contribution in [0.5, 0.6) is 0 Å². The molecule has 0 fully saturated rings. The Balaban J connectivity index is 1.85. The molecule has 88 valence electrons. The second-order valence-corrected chi connectivity index (χ2v) is 4.44. The van der Waals surface area contributed by atoms with Crippen LogP contribution in [0.3, 0.4) is 0 Å². The third kappa shape index (κ3) is 3.84. The van der Waals surface area contributed by atoms with Crippen molar-refractivity contribution in [3.05, 3.63) is 64.4 Å². The number of aryl methyl sites for hydroxylation is 1. The molecular weight excluding hydrogens is 232 g/mol. The summed E-state index contributed by atoms with van der Waals surface area (Å²) >= 11 is 5.83. The molecule has 0 unspecified atom stereocenters. The summed E-state index contributed by atoms with van der Waals surface area (Å²) in [5.41, 5.74) is 3.34. The zero-order chi connectivity index (χ0) is 12.1. The fourth-order valence-corrected chi connectivity index (χ4v) is 1.76. The average Bonchev–Trinajstić information content (AvgIpc) is 2.32. The Hall–Kier alpha value is -1.38. The van der Waals surface area contributed by atoms with Crippen molar-refractivity contribution in [1.29, 1.82) is 0 Å². The Morgan fingerprint density at radius 1 is 1.06 bits per heavy atom. The zero-order valence-electron chi connectivity index (χ0n) is 9.78. The Morgan fingerprint density at radius 3 is 2.53 bits per heavy atom. The number of halogens is 1. The molecular formula is C14H15ClN2. The first kappa shape index (κ1) is 12.1. The van der Waals surface area contributed by atoms with Crippen molar-refractivity contribution in [2.75, 3.05) is 0 Å². The lowest BCUT2D eigenvalue weighted by molar-refractivity contribution is 0.678. The highest BCUT2D eigenvalue weighted by atomic mass is 35.5. The van der Waals surface area contributed by atoms with Gasteiger partial charge in [0.05, 0.1) is 5.69 Å². The second-order valence-electron chi connectivity index (χ2n) is 4.00. The van der Waals surface area contributed by atoms with Crippen LogP contribution in [0.15, 0.2) is 42.5 Å². The molecule has 2 aromatic rings. The molecule has 0 aliphatic carbocycles. The zero-order valence-corrected chi connectivity index (χ0v) is 10.5. The maximum Gasteiger partial charge on any atom is 0.0544 e. The van der Waals surface area contributed by atoms with Crippen molar-refractivity contribution in [2.45, 2.75) is 20.0 Å². The summed E-state index contributed by atoms with van der Waals surface area (Å²) in [7, 11) is 0. The van der Waals surface area contributed by atoms with Gasteiger partial charge in [-0.05, 0) is 36.8 Å². The van der Waals surface area contributed by atoms with Crippen molar-refractivity contribution in [1.82, 2.24) is 10.3 Å². The predicted octanol–water partition coefficient (Wildman–Crippen LogP) is 3.33. The van der Waals surface area contributed by atoms with Crippen LogP contribution in [0, 0.1) is 6.92 Å². The van der Waals surface area contributed by atoms with Crippen molar-refractivity contribution in [2.24, 2.45) is 0 Å². The van der Waals surface area contributed by atoms with Crippen molar-refractivity contribution in [3.8, 4) is 0 Å². The summed E-state index contributed by atoms with van der Waals surface area (Å²) in [6.45, 7) is 3.61. The topological polar surface area (TPSA) is 24.9 Å². The van der Waals surface area contributed by atoms with E-state index in [0.717, 1.165) is 29.5 Å². The number of pyridine rings is 1. The summed E-state index contributed by atoms with van der Waals surface area (Å²) in [4.78, 5) is 4.43. The first-order valence-electron chi connectivity index (χ1n) is 5.62. The number of nitrogens with zero attached hydrogens (tertiary/aromatic N) is 1. The molecule has 17 heavy (non-hydrogen) atoms. The standard InChI is InChI=1S/C14H15ClN2/c1-11-3-2-4-14(17-11)10-16-9-12-5-7-13(15)8-6-12/h2-8,16H,9-10H2,1H3. The van der Waals surface area contributed by atoms with E-state index >= 15 is 0 Å². The lowest BCUT2D eigenvalue weighted by atomic mass is 10.2. The molecule has 0 spiro atoms. The molecule has 1 aromatic heterocycles. The van der Waals surface area contributed by atoms with Crippen molar-refractivity contribution in [3.63, 3.8) is 0 Å². The van der Waals surface area contributed by atoms with Crippen LogP contribution in [0.25, 0.3) is 0 Å². The molecule has 0 saturated heterocycles. The number of hydrogen-bond donors (Lipinski definition) is 1. The quantitative estimate of drug-likeness (QED) is 0.895. The third-order valence-corrected chi connectivity index (χ3v) is 2.75. The number of benzene rings is 1. The Kier molecular flexibility index (Phi) is 4.13. The van der Waals surface area contributed by atoms with Gasteiger partial charge >= 0.3 is 0 Å². The monoisotopic (exact) mass is 246 g/mol. The van der Waals surface area contributed by atoms with Gasteiger partial charge in [-0.1, -0.05) is 29.8 Å². The predicted molar refractivity (Wildman–Crippen MR) is 71.0 cm³/mol. The van der Waals surface area contributed by atoms with Gasteiger partial charge in [-0.3, -0.25) is 4.98 Å². The van der Waals surface area contributed by atoms with Gasteiger partial charge in [0.1, 0.15) is 0 Å². The molecule has 0 bridgehead atoms. The molecule has 1 heterocycles. The van der Waals surface area contributed by atoms with Crippen LogP contribution in [0.2, 0.25) is 5.02 Å². The number of rotatable bonds is 4. The summed E-state index contributed by atoms with van der Waals surface area (Å²) in [5, 5.41) is 4.13. The smallest absolute Gasteiger partial charge is 0.0544 e. The van der Waals surface area contributed by atoms with Crippen molar-refractivity contribution < 1.29 is 0 Å². The molecule has 0 radical (unpaired) electrons. The van der Waals surface area contributed by atoms with Crippen molar-refractivity contribution >= 4 is 11.6 Å². The molecule has 0 atom stereocenters. The van der Waals surface area contributed by atoms with Gasteiger partial charge in [-0.2, -0.15) is 0 Å². The lowest BCUT2D eigenvalue weighted by Gasteiger charge is -2.05.